The predicted molar refractivity (Wildman–Crippen MR) is 149 cm³/mol. The molecule has 220 valence electrons. The Morgan fingerprint density at radius 2 is 1.64 bits per heavy atom. The molecule has 8 nitrogen and oxygen atoms in total. The van der Waals surface area contributed by atoms with Crippen LogP contribution in [0.15, 0.2) is 18.2 Å². The van der Waals surface area contributed by atoms with Crippen molar-refractivity contribution in [1.82, 2.24) is 0 Å². The summed E-state index contributed by atoms with van der Waals surface area (Å²) in [7, 11) is 1.69. The molecule has 1 saturated heterocycles. The minimum Gasteiger partial charge on any atom is -0.466 e. The van der Waals surface area contributed by atoms with Crippen molar-refractivity contribution in [2.75, 3.05) is 40.1 Å². The van der Waals surface area contributed by atoms with Gasteiger partial charge in [0, 0.05) is 38.1 Å². The highest BCUT2D eigenvalue weighted by molar-refractivity contribution is 5.80. The Morgan fingerprint density at radius 3 is 2.15 bits per heavy atom. The number of carbonyl (C=O) groups excluding carboxylic acids is 3. The maximum absolute atomic E-state index is 13.5. The van der Waals surface area contributed by atoms with Crippen molar-refractivity contribution < 1.29 is 38.4 Å². The number of aldehydes is 1. The van der Waals surface area contributed by atoms with Gasteiger partial charge in [0.2, 0.25) is 0 Å². The van der Waals surface area contributed by atoms with Crippen LogP contribution in [0.2, 0.25) is 0 Å². The lowest BCUT2D eigenvalue weighted by molar-refractivity contribution is -0.163. The molecular formula is C31H48O8. The summed E-state index contributed by atoms with van der Waals surface area (Å²) < 4.78 is 22.2. The zero-order chi connectivity index (χ0) is 29.4. The molecule has 0 spiro atoms. The molecule has 0 saturated carbocycles. The molecule has 1 aromatic rings. The van der Waals surface area contributed by atoms with Crippen LogP contribution in [-0.4, -0.2) is 69.1 Å². The second kappa shape index (κ2) is 13.9. The van der Waals surface area contributed by atoms with Gasteiger partial charge in [-0.25, -0.2) is 0 Å². The lowest BCUT2D eigenvalue weighted by atomic mass is 9.66. The second-order valence-corrected chi connectivity index (χ2v) is 11.9. The molecule has 2 rings (SSSR count). The van der Waals surface area contributed by atoms with Gasteiger partial charge >= 0.3 is 11.9 Å². The minimum atomic E-state index is -1.76. The van der Waals surface area contributed by atoms with Gasteiger partial charge in [-0.05, 0) is 55.7 Å². The highest BCUT2D eigenvalue weighted by Crippen LogP contribution is 2.45. The Hall–Kier alpha value is -2.29. The van der Waals surface area contributed by atoms with E-state index in [1.165, 1.54) is 6.92 Å². The number of hydrogen-bond donors (Lipinski definition) is 1. The summed E-state index contributed by atoms with van der Waals surface area (Å²) in [5, 5.41) is 11.5. The normalized spacial score (nSPS) is 19.3. The standard InChI is InChI=1S/C31H48O8/c1-9-38-27(33)21(3)25(26(28(34)39-10-2)30(7,35)11-14-32)22-17-23(29(4,5)6)19-24(18-22)31(20-36-8)12-15-37-16-13-31/h14,17-19,21,25-26,35H,9-13,15-16,20H2,1-8H3. The van der Waals surface area contributed by atoms with Crippen LogP contribution in [0.5, 0.6) is 0 Å². The van der Waals surface area contributed by atoms with Crippen LogP contribution in [0, 0.1) is 11.8 Å². The third kappa shape index (κ3) is 7.89. The van der Waals surface area contributed by atoms with Crippen LogP contribution in [0.4, 0.5) is 0 Å². The van der Waals surface area contributed by atoms with Crippen molar-refractivity contribution in [3.63, 3.8) is 0 Å². The molecule has 1 aromatic carbocycles. The van der Waals surface area contributed by atoms with Crippen molar-refractivity contribution in [1.29, 1.82) is 0 Å². The Bertz CT molecular complexity index is 966. The van der Waals surface area contributed by atoms with Crippen LogP contribution in [0.25, 0.3) is 0 Å². The quantitative estimate of drug-likeness (QED) is 0.284. The highest BCUT2D eigenvalue weighted by Gasteiger charge is 2.49. The van der Waals surface area contributed by atoms with E-state index in [4.69, 9.17) is 18.9 Å². The molecule has 4 unspecified atom stereocenters. The zero-order valence-corrected chi connectivity index (χ0v) is 25.0. The number of rotatable bonds is 13. The number of benzene rings is 1. The summed E-state index contributed by atoms with van der Waals surface area (Å²) in [6.45, 7) is 14.9. The molecule has 0 amide bonds. The van der Waals surface area contributed by atoms with Crippen LogP contribution in [0.3, 0.4) is 0 Å². The van der Waals surface area contributed by atoms with Gasteiger partial charge in [-0.2, -0.15) is 0 Å². The maximum atomic E-state index is 13.5. The summed E-state index contributed by atoms with van der Waals surface area (Å²) in [4.78, 5) is 38.3. The molecule has 4 atom stereocenters. The third-order valence-corrected chi connectivity index (χ3v) is 7.95. The molecule has 1 fully saturated rings. The number of methoxy groups -OCH3 is 1. The number of esters is 2. The van der Waals surface area contributed by atoms with Crippen molar-refractivity contribution in [3.05, 3.63) is 34.9 Å². The number of aliphatic hydroxyl groups is 1. The number of ether oxygens (including phenoxy) is 4. The first kappa shape index (κ1) is 32.9. The smallest absolute Gasteiger partial charge is 0.312 e. The van der Waals surface area contributed by atoms with Gasteiger partial charge in [0.25, 0.3) is 0 Å². The van der Waals surface area contributed by atoms with Crippen molar-refractivity contribution in [3.8, 4) is 0 Å². The van der Waals surface area contributed by atoms with E-state index >= 15 is 0 Å². The summed E-state index contributed by atoms with van der Waals surface area (Å²) in [5.41, 5.74) is 0.437. The molecule has 1 aliphatic heterocycles. The SMILES string of the molecule is CCOC(=O)C(C)C(c1cc(C(C)(C)C)cc(C2(COC)CCOCC2)c1)C(C(=O)OCC)C(C)(O)CC=O. The Kier molecular flexibility index (Phi) is 11.7. The van der Waals surface area contributed by atoms with E-state index in [1.54, 1.807) is 27.9 Å². The van der Waals surface area contributed by atoms with Gasteiger partial charge in [0.1, 0.15) is 6.29 Å². The minimum absolute atomic E-state index is 0.0945. The fraction of sp³-hybridized carbons (Fsp3) is 0.710. The summed E-state index contributed by atoms with van der Waals surface area (Å²) in [6.07, 6.45) is 1.82. The topological polar surface area (TPSA) is 108 Å². The van der Waals surface area contributed by atoms with Gasteiger partial charge in [0.05, 0.1) is 37.3 Å². The van der Waals surface area contributed by atoms with Gasteiger partial charge < -0.3 is 28.8 Å². The Labute approximate surface area is 233 Å². The van der Waals surface area contributed by atoms with Crippen LogP contribution in [-0.2, 0) is 44.2 Å². The van der Waals surface area contributed by atoms with E-state index in [1.807, 2.05) is 12.1 Å². The van der Waals surface area contributed by atoms with Gasteiger partial charge in [-0.3, -0.25) is 9.59 Å². The summed E-state index contributed by atoms with van der Waals surface area (Å²) in [5.74, 6) is -3.98. The first-order chi connectivity index (χ1) is 18.3. The molecule has 8 heteroatoms. The van der Waals surface area contributed by atoms with E-state index in [9.17, 15) is 19.5 Å². The molecule has 1 heterocycles. The van der Waals surface area contributed by atoms with Crippen LogP contribution >= 0.6 is 0 Å². The average Bonchev–Trinajstić information content (AvgIpc) is 2.86. The van der Waals surface area contributed by atoms with Gasteiger partial charge in [-0.1, -0.05) is 45.9 Å². The number of hydrogen-bond acceptors (Lipinski definition) is 8. The zero-order valence-electron chi connectivity index (χ0n) is 25.0. The molecule has 0 aliphatic carbocycles. The van der Waals surface area contributed by atoms with E-state index in [0.717, 1.165) is 24.0 Å². The van der Waals surface area contributed by atoms with Crippen molar-refractivity contribution >= 4 is 18.2 Å². The maximum Gasteiger partial charge on any atom is 0.312 e. The Balaban J connectivity index is 2.92. The van der Waals surface area contributed by atoms with E-state index in [0.29, 0.717) is 31.7 Å². The fourth-order valence-electron chi connectivity index (χ4n) is 5.64. The predicted octanol–water partition coefficient (Wildman–Crippen LogP) is 4.48. The fourth-order valence-corrected chi connectivity index (χ4v) is 5.64. The highest BCUT2D eigenvalue weighted by atomic mass is 16.5. The second-order valence-electron chi connectivity index (χ2n) is 11.9. The first-order valence-corrected chi connectivity index (χ1v) is 14.0. The molecular weight excluding hydrogens is 500 g/mol. The largest absolute Gasteiger partial charge is 0.466 e. The third-order valence-electron chi connectivity index (χ3n) is 7.95. The lowest BCUT2D eigenvalue weighted by Crippen LogP contribution is -2.47. The lowest BCUT2D eigenvalue weighted by Gasteiger charge is -2.41. The van der Waals surface area contributed by atoms with Crippen molar-refractivity contribution in [2.45, 2.75) is 90.1 Å². The monoisotopic (exact) mass is 548 g/mol. The van der Waals surface area contributed by atoms with E-state index in [-0.39, 0.29) is 30.5 Å². The average molecular weight is 549 g/mol. The molecule has 0 aromatic heterocycles. The van der Waals surface area contributed by atoms with E-state index < -0.39 is 35.3 Å². The molecule has 39 heavy (non-hydrogen) atoms. The Morgan fingerprint density at radius 1 is 1.05 bits per heavy atom. The molecule has 0 bridgehead atoms. The van der Waals surface area contributed by atoms with Gasteiger partial charge in [0.15, 0.2) is 0 Å². The van der Waals surface area contributed by atoms with E-state index in [2.05, 4.69) is 26.8 Å². The van der Waals surface area contributed by atoms with Gasteiger partial charge in [-0.15, -0.1) is 0 Å². The first-order valence-electron chi connectivity index (χ1n) is 14.0. The number of carbonyl (C=O) groups is 3. The molecule has 1 N–H and O–H groups in total. The summed E-state index contributed by atoms with van der Waals surface area (Å²) >= 11 is 0. The van der Waals surface area contributed by atoms with Crippen LogP contribution in [0.1, 0.15) is 90.3 Å². The van der Waals surface area contributed by atoms with Crippen molar-refractivity contribution in [2.24, 2.45) is 11.8 Å². The van der Waals surface area contributed by atoms with Crippen LogP contribution < -0.4 is 0 Å². The molecule has 0 radical (unpaired) electrons. The summed E-state index contributed by atoms with van der Waals surface area (Å²) in [6, 6.07) is 6.22. The molecule has 1 aliphatic rings.